The number of furan rings is 1. The lowest BCUT2D eigenvalue weighted by Crippen LogP contribution is -2.08. The summed E-state index contributed by atoms with van der Waals surface area (Å²) in [5.41, 5.74) is 4.52. The number of ether oxygens (including phenoxy) is 1. The highest BCUT2D eigenvalue weighted by molar-refractivity contribution is 6.30. The zero-order chi connectivity index (χ0) is 19.7. The Hall–Kier alpha value is -2.72. The third kappa shape index (κ3) is 3.65. The summed E-state index contributed by atoms with van der Waals surface area (Å²) < 4.78 is 11.6. The Morgan fingerprint density at radius 3 is 2.82 bits per heavy atom. The average molecular weight is 396 g/mol. The fourth-order valence-corrected chi connectivity index (χ4v) is 3.98. The number of hydrogen-bond acceptors (Lipinski definition) is 3. The minimum absolute atomic E-state index is 0.212. The summed E-state index contributed by atoms with van der Waals surface area (Å²) in [7, 11) is 1.63. The van der Waals surface area contributed by atoms with Gasteiger partial charge in [0.05, 0.1) is 7.11 Å². The van der Waals surface area contributed by atoms with Crippen molar-refractivity contribution in [3.05, 3.63) is 64.4 Å². The van der Waals surface area contributed by atoms with Gasteiger partial charge in [0.25, 0.3) is 0 Å². The van der Waals surface area contributed by atoms with E-state index in [1.54, 1.807) is 37.5 Å². The molecule has 1 aromatic heterocycles. The van der Waals surface area contributed by atoms with Gasteiger partial charge >= 0.3 is 0 Å². The summed E-state index contributed by atoms with van der Waals surface area (Å²) >= 11 is 5.98. The van der Waals surface area contributed by atoms with Gasteiger partial charge in [0.2, 0.25) is 5.91 Å². The fraction of sp³-hybridized carbons (Fsp3) is 0.261. The second-order valence-electron chi connectivity index (χ2n) is 7.09. The summed E-state index contributed by atoms with van der Waals surface area (Å²) in [6, 6.07) is 11.1. The Bertz CT molecular complexity index is 1080. The molecule has 0 bridgehead atoms. The van der Waals surface area contributed by atoms with E-state index in [0.29, 0.717) is 16.5 Å². The highest BCUT2D eigenvalue weighted by atomic mass is 35.5. The first-order valence-electron chi connectivity index (χ1n) is 9.42. The SMILES string of the molecule is COc1cc2oc3c(c2cc1/C(C)=C/C(=O)Nc1cccc(Cl)c1)CCCC3. The monoisotopic (exact) mass is 395 g/mol. The summed E-state index contributed by atoms with van der Waals surface area (Å²) in [6.07, 6.45) is 5.95. The van der Waals surface area contributed by atoms with Crippen LogP contribution in [0, 0.1) is 0 Å². The number of carbonyl (C=O) groups excluding carboxylic acids is 1. The molecule has 4 nitrogen and oxygen atoms in total. The average Bonchev–Trinajstić information content (AvgIpc) is 3.04. The minimum Gasteiger partial charge on any atom is -0.496 e. The smallest absolute Gasteiger partial charge is 0.248 e. The molecule has 0 spiro atoms. The maximum absolute atomic E-state index is 12.5. The summed E-state index contributed by atoms with van der Waals surface area (Å²) in [6.45, 7) is 1.91. The number of aryl methyl sites for hydroxylation is 2. The maximum Gasteiger partial charge on any atom is 0.248 e. The number of fused-ring (bicyclic) bond motifs is 3. The Kier molecular flexibility index (Phi) is 5.14. The molecule has 4 rings (SSSR count). The molecule has 0 radical (unpaired) electrons. The molecule has 0 aliphatic heterocycles. The van der Waals surface area contributed by atoms with Crippen LogP contribution in [0.4, 0.5) is 5.69 Å². The van der Waals surface area contributed by atoms with Crippen molar-refractivity contribution < 1.29 is 13.9 Å². The molecule has 1 N–H and O–H groups in total. The van der Waals surface area contributed by atoms with Crippen molar-refractivity contribution in [3.8, 4) is 5.75 Å². The molecular formula is C23H22ClNO3. The predicted molar refractivity (Wildman–Crippen MR) is 113 cm³/mol. The number of carbonyl (C=O) groups is 1. The highest BCUT2D eigenvalue weighted by Crippen LogP contribution is 2.37. The van der Waals surface area contributed by atoms with Crippen LogP contribution in [0.15, 0.2) is 46.9 Å². The van der Waals surface area contributed by atoms with Crippen LogP contribution in [-0.2, 0) is 17.6 Å². The standard InChI is InChI=1S/C23H22ClNO3/c1-14(10-23(26)25-16-7-5-6-15(24)11-16)18-12-19-17-8-3-4-9-20(17)28-22(19)13-21(18)27-2/h5-7,10-13H,3-4,8-9H2,1-2H3,(H,25,26)/b14-10+. The second-order valence-corrected chi connectivity index (χ2v) is 7.52. The molecule has 1 aliphatic rings. The van der Waals surface area contributed by atoms with Crippen LogP contribution in [-0.4, -0.2) is 13.0 Å². The number of hydrogen-bond donors (Lipinski definition) is 1. The lowest BCUT2D eigenvalue weighted by Gasteiger charge is -2.11. The highest BCUT2D eigenvalue weighted by Gasteiger charge is 2.20. The molecule has 1 heterocycles. The first-order chi connectivity index (χ1) is 13.5. The summed E-state index contributed by atoms with van der Waals surface area (Å²) in [5, 5.41) is 4.54. The number of halogens is 1. The third-order valence-corrected chi connectivity index (χ3v) is 5.38. The second kappa shape index (κ2) is 7.72. The van der Waals surface area contributed by atoms with E-state index in [4.69, 9.17) is 20.8 Å². The van der Waals surface area contributed by atoms with Crippen molar-refractivity contribution in [1.29, 1.82) is 0 Å². The van der Waals surface area contributed by atoms with Gasteiger partial charge in [0.1, 0.15) is 17.1 Å². The molecular weight excluding hydrogens is 374 g/mol. The first-order valence-corrected chi connectivity index (χ1v) is 9.80. The van der Waals surface area contributed by atoms with E-state index in [1.165, 1.54) is 18.4 Å². The van der Waals surface area contributed by atoms with Crippen LogP contribution < -0.4 is 10.1 Å². The fourth-order valence-electron chi connectivity index (χ4n) is 3.79. The van der Waals surface area contributed by atoms with Crippen LogP contribution in [0.25, 0.3) is 16.5 Å². The molecule has 2 aromatic carbocycles. The van der Waals surface area contributed by atoms with Gasteiger partial charge in [-0.1, -0.05) is 17.7 Å². The minimum atomic E-state index is -0.212. The zero-order valence-electron chi connectivity index (χ0n) is 16.0. The normalized spacial score (nSPS) is 14.0. The van der Waals surface area contributed by atoms with Crippen LogP contribution in [0.3, 0.4) is 0 Å². The van der Waals surface area contributed by atoms with E-state index >= 15 is 0 Å². The van der Waals surface area contributed by atoms with E-state index in [0.717, 1.165) is 40.7 Å². The van der Waals surface area contributed by atoms with Crippen molar-refractivity contribution in [1.82, 2.24) is 0 Å². The van der Waals surface area contributed by atoms with Gasteiger partial charge in [0.15, 0.2) is 0 Å². The van der Waals surface area contributed by atoms with E-state index in [9.17, 15) is 4.79 Å². The number of amides is 1. The lowest BCUT2D eigenvalue weighted by molar-refractivity contribution is -0.111. The Labute approximate surface area is 169 Å². The lowest BCUT2D eigenvalue weighted by atomic mass is 9.94. The van der Waals surface area contributed by atoms with Crippen LogP contribution in [0.2, 0.25) is 5.02 Å². The van der Waals surface area contributed by atoms with Crippen molar-refractivity contribution in [2.24, 2.45) is 0 Å². The molecule has 144 valence electrons. The number of benzene rings is 2. The van der Waals surface area contributed by atoms with Gasteiger partial charge < -0.3 is 14.5 Å². The van der Waals surface area contributed by atoms with E-state index < -0.39 is 0 Å². The molecule has 5 heteroatoms. The van der Waals surface area contributed by atoms with Gasteiger partial charge in [0, 0.05) is 45.8 Å². The third-order valence-electron chi connectivity index (χ3n) is 5.14. The number of allylic oxidation sites excluding steroid dienone is 1. The van der Waals surface area contributed by atoms with Gasteiger partial charge in [-0.15, -0.1) is 0 Å². The van der Waals surface area contributed by atoms with Crippen molar-refractivity contribution >= 4 is 39.7 Å². The topological polar surface area (TPSA) is 51.5 Å². The Morgan fingerprint density at radius 1 is 1.21 bits per heavy atom. The molecule has 1 aliphatic carbocycles. The van der Waals surface area contributed by atoms with Gasteiger partial charge in [-0.05, 0) is 56.0 Å². The van der Waals surface area contributed by atoms with Crippen LogP contribution >= 0.6 is 11.6 Å². The van der Waals surface area contributed by atoms with E-state index in [2.05, 4.69) is 11.4 Å². The van der Waals surface area contributed by atoms with Crippen LogP contribution in [0.5, 0.6) is 5.75 Å². The Morgan fingerprint density at radius 2 is 2.04 bits per heavy atom. The molecule has 0 fully saturated rings. The molecule has 0 saturated heterocycles. The van der Waals surface area contributed by atoms with Gasteiger partial charge in [-0.25, -0.2) is 0 Å². The first kappa shape index (κ1) is 18.6. The number of anilines is 1. The van der Waals surface area contributed by atoms with Crippen molar-refractivity contribution in [3.63, 3.8) is 0 Å². The van der Waals surface area contributed by atoms with Gasteiger partial charge in [-0.2, -0.15) is 0 Å². The maximum atomic E-state index is 12.5. The van der Waals surface area contributed by atoms with Crippen molar-refractivity contribution in [2.45, 2.75) is 32.6 Å². The molecule has 0 unspecified atom stereocenters. The van der Waals surface area contributed by atoms with E-state index in [-0.39, 0.29) is 5.91 Å². The molecule has 28 heavy (non-hydrogen) atoms. The number of nitrogens with one attached hydrogen (secondary N) is 1. The quantitative estimate of drug-likeness (QED) is 0.550. The molecule has 3 aromatic rings. The number of methoxy groups -OCH3 is 1. The van der Waals surface area contributed by atoms with Crippen molar-refractivity contribution in [2.75, 3.05) is 12.4 Å². The van der Waals surface area contributed by atoms with Crippen LogP contribution in [0.1, 0.15) is 36.7 Å². The Balaban J connectivity index is 1.68. The summed E-state index contributed by atoms with van der Waals surface area (Å²) in [5.74, 6) is 1.57. The number of rotatable bonds is 4. The van der Waals surface area contributed by atoms with Gasteiger partial charge in [-0.3, -0.25) is 4.79 Å². The molecule has 0 saturated carbocycles. The molecule has 1 amide bonds. The largest absolute Gasteiger partial charge is 0.496 e. The predicted octanol–water partition coefficient (Wildman–Crippen LogP) is 6.02. The van der Waals surface area contributed by atoms with E-state index in [1.807, 2.05) is 13.0 Å². The summed E-state index contributed by atoms with van der Waals surface area (Å²) in [4.78, 5) is 12.5. The molecule has 0 atom stereocenters. The zero-order valence-corrected chi connectivity index (χ0v) is 16.7.